The SMILES string of the molecule is C1=CCC/C=C/C=C\C=C\C=C\C1. The summed E-state index contributed by atoms with van der Waals surface area (Å²) in [6.07, 6.45) is 24.5. The van der Waals surface area contributed by atoms with Crippen molar-refractivity contribution in [2.75, 3.05) is 0 Å². The lowest BCUT2D eigenvalue weighted by Crippen LogP contribution is -1.64. The zero-order valence-corrected chi connectivity index (χ0v) is 7.89. The Kier molecular flexibility index (Phi) is 5.54. The van der Waals surface area contributed by atoms with Crippen molar-refractivity contribution < 1.29 is 0 Å². The maximum Gasteiger partial charge on any atom is -0.0166 e. The summed E-state index contributed by atoms with van der Waals surface area (Å²) in [6.45, 7) is 0. The highest BCUT2D eigenvalue weighted by atomic mass is 13.8. The fraction of sp³-hybridized carbons (Fsp3) is 0.231. The van der Waals surface area contributed by atoms with Crippen LogP contribution in [0.5, 0.6) is 0 Å². The fourth-order valence-corrected chi connectivity index (χ4v) is 1.07. The summed E-state index contributed by atoms with van der Waals surface area (Å²) in [4.78, 5) is 0. The summed E-state index contributed by atoms with van der Waals surface area (Å²) < 4.78 is 0. The van der Waals surface area contributed by atoms with Gasteiger partial charge in [0, 0.05) is 0 Å². The molecule has 0 amide bonds. The highest BCUT2D eigenvalue weighted by Gasteiger charge is 1.76. The predicted octanol–water partition coefficient (Wildman–Crippen LogP) is 3.95. The molecule has 1 aliphatic rings. The van der Waals surface area contributed by atoms with E-state index < -0.39 is 0 Å². The van der Waals surface area contributed by atoms with Gasteiger partial charge < -0.3 is 0 Å². The van der Waals surface area contributed by atoms with E-state index in [1.807, 2.05) is 12.2 Å². The standard InChI is InChI=1S/C13H16/c1-2-4-6-8-10-12-13-11-9-7-5-3-1/h1-8,11,13H,9-10,12H2/b3-1+,4-2-,7-5+,8-6+,13-11?. The normalized spacial score (nSPS) is 27.7. The molecule has 0 bridgehead atoms. The van der Waals surface area contributed by atoms with Crippen molar-refractivity contribution in [3.63, 3.8) is 0 Å². The van der Waals surface area contributed by atoms with Gasteiger partial charge in [0.25, 0.3) is 0 Å². The van der Waals surface area contributed by atoms with Crippen molar-refractivity contribution >= 4 is 0 Å². The quantitative estimate of drug-likeness (QED) is 0.485. The summed E-state index contributed by atoms with van der Waals surface area (Å²) >= 11 is 0. The van der Waals surface area contributed by atoms with Gasteiger partial charge in [-0.15, -0.1) is 0 Å². The van der Waals surface area contributed by atoms with E-state index >= 15 is 0 Å². The molecule has 1 rings (SSSR count). The number of allylic oxidation sites excluding steroid dienone is 10. The molecule has 0 radical (unpaired) electrons. The van der Waals surface area contributed by atoms with Crippen molar-refractivity contribution in [2.24, 2.45) is 0 Å². The minimum absolute atomic E-state index is 1.04. The van der Waals surface area contributed by atoms with E-state index in [2.05, 4.69) is 48.6 Å². The molecule has 68 valence electrons. The van der Waals surface area contributed by atoms with Crippen LogP contribution in [-0.2, 0) is 0 Å². The van der Waals surface area contributed by atoms with Crippen LogP contribution in [0.2, 0.25) is 0 Å². The van der Waals surface area contributed by atoms with Crippen LogP contribution in [0.4, 0.5) is 0 Å². The van der Waals surface area contributed by atoms with E-state index in [0.29, 0.717) is 0 Å². The molecule has 0 aromatic heterocycles. The monoisotopic (exact) mass is 172 g/mol. The Bertz CT molecular complexity index is 249. The van der Waals surface area contributed by atoms with Crippen LogP contribution in [0, 0.1) is 0 Å². The van der Waals surface area contributed by atoms with Crippen LogP contribution in [0.3, 0.4) is 0 Å². The highest BCUT2D eigenvalue weighted by molar-refractivity contribution is 5.16. The lowest BCUT2D eigenvalue weighted by Gasteiger charge is -1.84. The van der Waals surface area contributed by atoms with Crippen molar-refractivity contribution in [3.8, 4) is 0 Å². The Morgan fingerprint density at radius 2 is 1.08 bits per heavy atom. The van der Waals surface area contributed by atoms with Crippen molar-refractivity contribution in [3.05, 3.63) is 60.8 Å². The average molecular weight is 172 g/mol. The fourth-order valence-electron chi connectivity index (χ4n) is 1.07. The van der Waals surface area contributed by atoms with Gasteiger partial charge in [0.1, 0.15) is 0 Å². The summed E-state index contributed by atoms with van der Waals surface area (Å²) in [5, 5.41) is 0. The van der Waals surface area contributed by atoms with Crippen molar-refractivity contribution in [1.29, 1.82) is 0 Å². The smallest absolute Gasteiger partial charge is 0.0166 e. The third-order valence-corrected chi connectivity index (χ3v) is 1.77. The van der Waals surface area contributed by atoms with Gasteiger partial charge in [-0.2, -0.15) is 0 Å². The molecule has 1 aliphatic carbocycles. The van der Waals surface area contributed by atoms with Gasteiger partial charge in [0.05, 0.1) is 0 Å². The first kappa shape index (κ1) is 9.79. The predicted molar refractivity (Wildman–Crippen MR) is 59.6 cm³/mol. The maximum absolute atomic E-state index is 2.24. The molecule has 0 N–H and O–H groups in total. The second-order valence-electron chi connectivity index (χ2n) is 2.91. The molecular formula is C13H16. The van der Waals surface area contributed by atoms with E-state index in [0.717, 1.165) is 19.3 Å². The van der Waals surface area contributed by atoms with Gasteiger partial charge in [-0.25, -0.2) is 0 Å². The first-order chi connectivity index (χ1) is 6.50. The minimum atomic E-state index is 1.04. The Balaban J connectivity index is 2.50. The van der Waals surface area contributed by atoms with Crippen LogP contribution in [0.25, 0.3) is 0 Å². The zero-order chi connectivity index (χ0) is 9.19. The summed E-state index contributed by atoms with van der Waals surface area (Å²) in [7, 11) is 0. The van der Waals surface area contributed by atoms with Crippen LogP contribution in [0.15, 0.2) is 60.8 Å². The number of hydrogen-bond acceptors (Lipinski definition) is 0. The molecule has 0 atom stereocenters. The largest absolute Gasteiger partial charge is 0.0879 e. The van der Waals surface area contributed by atoms with Crippen molar-refractivity contribution in [2.45, 2.75) is 19.3 Å². The van der Waals surface area contributed by atoms with Crippen molar-refractivity contribution in [1.82, 2.24) is 0 Å². The molecule has 0 aromatic rings. The topological polar surface area (TPSA) is 0 Å². The summed E-state index contributed by atoms with van der Waals surface area (Å²) in [5.74, 6) is 0. The molecule has 0 saturated heterocycles. The van der Waals surface area contributed by atoms with Crippen LogP contribution >= 0.6 is 0 Å². The van der Waals surface area contributed by atoms with Gasteiger partial charge in [0.15, 0.2) is 0 Å². The van der Waals surface area contributed by atoms with Gasteiger partial charge in [-0.3, -0.25) is 0 Å². The van der Waals surface area contributed by atoms with E-state index in [1.54, 1.807) is 0 Å². The van der Waals surface area contributed by atoms with Gasteiger partial charge in [-0.05, 0) is 19.3 Å². The van der Waals surface area contributed by atoms with E-state index in [4.69, 9.17) is 0 Å². The molecule has 0 saturated carbocycles. The van der Waals surface area contributed by atoms with Crippen LogP contribution in [0.1, 0.15) is 19.3 Å². The molecule has 0 unspecified atom stereocenters. The van der Waals surface area contributed by atoms with Gasteiger partial charge in [-0.1, -0.05) is 60.8 Å². The molecule has 13 heavy (non-hydrogen) atoms. The molecule has 0 heteroatoms. The highest BCUT2D eigenvalue weighted by Crippen LogP contribution is 1.96. The second-order valence-corrected chi connectivity index (χ2v) is 2.91. The van der Waals surface area contributed by atoms with E-state index in [-0.39, 0.29) is 0 Å². The third-order valence-electron chi connectivity index (χ3n) is 1.77. The summed E-state index contributed by atoms with van der Waals surface area (Å²) in [6, 6.07) is 0. The number of hydrogen-bond donors (Lipinski definition) is 0. The first-order valence-corrected chi connectivity index (χ1v) is 4.80. The molecule has 0 aliphatic heterocycles. The molecule has 0 heterocycles. The molecule has 0 fully saturated rings. The lowest BCUT2D eigenvalue weighted by atomic mass is 10.2. The minimum Gasteiger partial charge on any atom is -0.0879 e. The summed E-state index contributed by atoms with van der Waals surface area (Å²) in [5.41, 5.74) is 0. The third kappa shape index (κ3) is 5.92. The Hall–Kier alpha value is -1.30. The molecular weight excluding hydrogens is 156 g/mol. The van der Waals surface area contributed by atoms with Crippen LogP contribution in [-0.4, -0.2) is 0 Å². The average Bonchev–Trinajstić information content (AvgIpc) is 2.18. The Morgan fingerprint density at radius 1 is 0.462 bits per heavy atom. The molecule has 0 nitrogen and oxygen atoms in total. The maximum atomic E-state index is 2.24. The molecule has 0 aromatic carbocycles. The van der Waals surface area contributed by atoms with Gasteiger partial charge in [0.2, 0.25) is 0 Å². The zero-order valence-electron chi connectivity index (χ0n) is 7.89. The molecule has 0 spiro atoms. The Morgan fingerprint density at radius 3 is 1.92 bits per heavy atom. The lowest BCUT2D eigenvalue weighted by molar-refractivity contribution is 1.04. The second kappa shape index (κ2) is 7.35. The van der Waals surface area contributed by atoms with Crippen LogP contribution < -0.4 is 0 Å². The van der Waals surface area contributed by atoms with E-state index in [9.17, 15) is 0 Å². The van der Waals surface area contributed by atoms with E-state index in [1.165, 1.54) is 0 Å². The number of rotatable bonds is 0. The first-order valence-electron chi connectivity index (χ1n) is 4.80. The van der Waals surface area contributed by atoms with Gasteiger partial charge >= 0.3 is 0 Å². The Labute approximate surface area is 80.7 Å².